The fraction of sp³-hybridized carbons (Fsp3) is 0.286. The molecule has 0 aliphatic carbocycles. The van der Waals surface area contributed by atoms with Gasteiger partial charge in [0.05, 0.1) is 40.5 Å². The van der Waals surface area contributed by atoms with Crippen LogP contribution < -0.4 is 23.7 Å². The summed E-state index contributed by atoms with van der Waals surface area (Å²) in [6.45, 7) is 2.83. The molecule has 0 heterocycles. The van der Waals surface area contributed by atoms with Crippen molar-refractivity contribution in [1.29, 1.82) is 5.26 Å². The van der Waals surface area contributed by atoms with E-state index in [0.717, 1.165) is 25.0 Å². The van der Waals surface area contributed by atoms with Crippen LogP contribution in [0.1, 0.15) is 131 Å². The maximum atomic E-state index is 15.1. The molecule has 0 N–H and O–H groups in total. The zero-order valence-electron chi connectivity index (χ0n) is 33.7. The Bertz CT molecular complexity index is 2230. The smallest absolute Gasteiger partial charge is 0.346 e. The van der Waals surface area contributed by atoms with Crippen LogP contribution in [0.25, 0.3) is 0 Å². The standard InChI is InChI=1S/C49H48FNO9/c1-2-3-4-5-6-7-8-9-10-11-12-13-31-56-39-25-19-36(20-26-39)47(53)59-43-29-30-44(45(50)33-43)49(55)60-42-16-14-15-38(32-42)48(54)58-41-27-21-37(22-28-41)46(52)57-40-23-17-35(34-51)18-24-40/h14-30,32-33H,2-13,31H2,1H3. The van der Waals surface area contributed by atoms with E-state index in [9.17, 15) is 19.2 Å². The lowest BCUT2D eigenvalue weighted by Crippen LogP contribution is -2.13. The quantitative estimate of drug-likeness (QED) is 0.0377. The zero-order chi connectivity index (χ0) is 42.5. The summed E-state index contributed by atoms with van der Waals surface area (Å²) in [6, 6.07) is 29.1. The second-order valence-corrected chi connectivity index (χ2v) is 14.2. The third-order valence-corrected chi connectivity index (χ3v) is 9.50. The number of esters is 4. The van der Waals surface area contributed by atoms with Crippen LogP contribution in [-0.2, 0) is 0 Å². The Morgan fingerprint density at radius 2 is 0.933 bits per heavy atom. The van der Waals surface area contributed by atoms with Gasteiger partial charge in [0.15, 0.2) is 0 Å². The molecule has 0 spiro atoms. The monoisotopic (exact) mass is 813 g/mol. The van der Waals surface area contributed by atoms with Gasteiger partial charge in [-0.05, 0) is 110 Å². The van der Waals surface area contributed by atoms with Crippen LogP contribution in [0.4, 0.5) is 4.39 Å². The highest BCUT2D eigenvalue weighted by Crippen LogP contribution is 2.24. The minimum atomic E-state index is -1.04. The first-order valence-corrected chi connectivity index (χ1v) is 20.3. The molecule has 5 aromatic rings. The van der Waals surface area contributed by atoms with Crippen LogP contribution in [0.2, 0.25) is 0 Å². The number of rotatable bonds is 22. The number of nitrogens with zero attached hydrogens (tertiary/aromatic N) is 1. The van der Waals surface area contributed by atoms with Gasteiger partial charge in [0, 0.05) is 6.07 Å². The Morgan fingerprint density at radius 1 is 0.483 bits per heavy atom. The number of unbranched alkanes of at least 4 members (excludes halogenated alkanes) is 11. The van der Waals surface area contributed by atoms with E-state index in [2.05, 4.69) is 6.92 Å². The average Bonchev–Trinajstić information content (AvgIpc) is 3.26. The van der Waals surface area contributed by atoms with Gasteiger partial charge in [0.1, 0.15) is 34.6 Å². The first kappa shape index (κ1) is 44.3. The molecule has 0 aliphatic rings. The summed E-state index contributed by atoms with van der Waals surface area (Å²) in [5.41, 5.74) is 0.477. The Kier molecular flexibility index (Phi) is 17.4. The van der Waals surface area contributed by atoms with E-state index in [1.54, 1.807) is 24.3 Å². The van der Waals surface area contributed by atoms with Crippen molar-refractivity contribution >= 4 is 23.9 Å². The van der Waals surface area contributed by atoms with Crippen molar-refractivity contribution in [2.45, 2.75) is 84.0 Å². The Labute approximate surface area is 349 Å². The highest BCUT2D eigenvalue weighted by molar-refractivity contribution is 5.95. The normalized spacial score (nSPS) is 10.6. The molecule has 0 aromatic heterocycles. The Hall–Kier alpha value is -6.80. The van der Waals surface area contributed by atoms with Crippen LogP contribution in [0.3, 0.4) is 0 Å². The van der Waals surface area contributed by atoms with Crippen molar-refractivity contribution in [3.05, 3.63) is 149 Å². The third-order valence-electron chi connectivity index (χ3n) is 9.50. The molecule has 0 bridgehead atoms. The molecule has 11 heteroatoms. The van der Waals surface area contributed by atoms with E-state index in [4.69, 9.17) is 28.9 Å². The van der Waals surface area contributed by atoms with Crippen molar-refractivity contribution in [3.63, 3.8) is 0 Å². The highest BCUT2D eigenvalue weighted by atomic mass is 19.1. The molecule has 0 saturated heterocycles. The maximum Gasteiger partial charge on any atom is 0.346 e. The fourth-order valence-electron chi connectivity index (χ4n) is 6.15. The molecule has 0 saturated carbocycles. The molecule has 10 nitrogen and oxygen atoms in total. The zero-order valence-corrected chi connectivity index (χ0v) is 33.7. The number of nitriles is 1. The molecule has 0 amide bonds. The van der Waals surface area contributed by atoms with Crippen molar-refractivity contribution in [2.24, 2.45) is 0 Å². The first-order valence-electron chi connectivity index (χ1n) is 20.3. The van der Waals surface area contributed by atoms with Crippen LogP contribution in [0.5, 0.6) is 28.7 Å². The van der Waals surface area contributed by atoms with Gasteiger partial charge >= 0.3 is 23.9 Å². The summed E-state index contributed by atoms with van der Waals surface area (Å²) in [4.78, 5) is 51.0. The van der Waals surface area contributed by atoms with Crippen LogP contribution in [-0.4, -0.2) is 30.5 Å². The van der Waals surface area contributed by atoms with Gasteiger partial charge in [-0.15, -0.1) is 0 Å². The molecule has 0 unspecified atom stereocenters. The minimum Gasteiger partial charge on any atom is -0.494 e. The van der Waals surface area contributed by atoms with E-state index in [1.165, 1.54) is 143 Å². The molecule has 0 atom stereocenters. The number of hydrogen-bond acceptors (Lipinski definition) is 10. The van der Waals surface area contributed by atoms with E-state index >= 15 is 4.39 Å². The third kappa shape index (κ3) is 14.2. The SMILES string of the molecule is CCCCCCCCCCCCCCOc1ccc(C(=O)Oc2ccc(C(=O)Oc3cccc(C(=O)Oc4ccc(C(=O)Oc5ccc(C#N)cc5)cc4)c3)c(F)c2)cc1. The van der Waals surface area contributed by atoms with E-state index < -0.39 is 35.3 Å². The summed E-state index contributed by atoms with van der Waals surface area (Å²) in [6.07, 6.45) is 15.2. The molecule has 310 valence electrons. The van der Waals surface area contributed by atoms with Gasteiger partial charge in [-0.1, -0.05) is 83.6 Å². The molecular weight excluding hydrogens is 766 g/mol. The Morgan fingerprint density at radius 3 is 1.48 bits per heavy atom. The van der Waals surface area contributed by atoms with Gasteiger partial charge in [-0.25, -0.2) is 23.6 Å². The van der Waals surface area contributed by atoms with Gasteiger partial charge in [-0.2, -0.15) is 5.26 Å². The van der Waals surface area contributed by atoms with E-state index in [0.29, 0.717) is 17.9 Å². The molecule has 0 fully saturated rings. The maximum absolute atomic E-state index is 15.1. The largest absolute Gasteiger partial charge is 0.494 e. The number of carbonyl (C=O) groups excluding carboxylic acids is 4. The summed E-state index contributed by atoms with van der Waals surface area (Å²) in [5.74, 6) is -3.29. The highest BCUT2D eigenvalue weighted by Gasteiger charge is 2.19. The van der Waals surface area contributed by atoms with Gasteiger partial charge in [0.2, 0.25) is 0 Å². The van der Waals surface area contributed by atoms with Crippen molar-refractivity contribution in [3.8, 4) is 34.8 Å². The Balaban J connectivity index is 1.03. The lowest BCUT2D eigenvalue weighted by atomic mass is 10.1. The fourth-order valence-corrected chi connectivity index (χ4v) is 6.15. The molecule has 5 aromatic carbocycles. The van der Waals surface area contributed by atoms with Gasteiger partial charge in [0.25, 0.3) is 0 Å². The summed E-state index contributed by atoms with van der Waals surface area (Å²) in [7, 11) is 0. The van der Waals surface area contributed by atoms with Crippen LogP contribution >= 0.6 is 0 Å². The van der Waals surface area contributed by atoms with Crippen molar-refractivity contribution in [2.75, 3.05) is 6.61 Å². The number of carbonyl (C=O) groups is 4. The minimum absolute atomic E-state index is 0.0338. The molecule has 60 heavy (non-hydrogen) atoms. The molecule has 0 aliphatic heterocycles. The van der Waals surface area contributed by atoms with Gasteiger partial charge < -0.3 is 23.7 Å². The second-order valence-electron chi connectivity index (χ2n) is 14.2. The molecule has 5 rings (SSSR count). The molecular formula is C49H48FNO9. The number of benzene rings is 5. The summed E-state index contributed by atoms with van der Waals surface area (Å²) >= 11 is 0. The van der Waals surface area contributed by atoms with Crippen LogP contribution in [0.15, 0.2) is 115 Å². The topological polar surface area (TPSA) is 138 Å². The number of ether oxygens (including phenoxy) is 5. The van der Waals surface area contributed by atoms with Crippen LogP contribution in [0, 0.1) is 17.1 Å². The predicted molar refractivity (Wildman–Crippen MR) is 223 cm³/mol. The summed E-state index contributed by atoms with van der Waals surface area (Å²) < 4.78 is 42.3. The van der Waals surface area contributed by atoms with E-state index in [1.807, 2.05) is 6.07 Å². The summed E-state index contributed by atoms with van der Waals surface area (Å²) in [5, 5.41) is 8.92. The van der Waals surface area contributed by atoms with Crippen molar-refractivity contribution < 1.29 is 47.3 Å². The second kappa shape index (κ2) is 23.6. The lowest BCUT2D eigenvalue weighted by Gasteiger charge is -2.10. The number of halogens is 1. The lowest BCUT2D eigenvalue weighted by molar-refractivity contribution is 0.0709. The number of hydrogen-bond donors (Lipinski definition) is 0. The van der Waals surface area contributed by atoms with Gasteiger partial charge in [-0.3, -0.25) is 0 Å². The average molecular weight is 814 g/mol. The molecule has 0 radical (unpaired) electrons. The first-order chi connectivity index (χ1) is 29.2. The van der Waals surface area contributed by atoms with Crippen molar-refractivity contribution in [1.82, 2.24) is 0 Å². The van der Waals surface area contributed by atoms with E-state index in [-0.39, 0.29) is 39.7 Å². The predicted octanol–water partition coefficient (Wildman–Crippen LogP) is 11.7.